The first-order valence-electron chi connectivity index (χ1n) is 29.4. The van der Waals surface area contributed by atoms with Crippen molar-refractivity contribution in [3.63, 3.8) is 0 Å². The van der Waals surface area contributed by atoms with Crippen molar-refractivity contribution in [3.05, 3.63) is 170 Å². The monoisotopic (exact) mass is 996 g/mol. The molecular weight excluding hydrogens is 918 g/mol. The summed E-state index contributed by atoms with van der Waals surface area (Å²) in [7, 11) is 0. The minimum absolute atomic E-state index is 0.00582. The van der Waals surface area contributed by atoms with Gasteiger partial charge >= 0.3 is 0 Å². The Morgan fingerprint density at radius 1 is 0.474 bits per heavy atom. The number of fused-ring (bicyclic) bond motifs is 17. The first-order valence-corrected chi connectivity index (χ1v) is 29.4. The topological polar surface area (TPSA) is 9.72 Å². The van der Waals surface area contributed by atoms with Gasteiger partial charge in [-0.25, -0.2) is 0 Å². The minimum Gasteiger partial charge on any atom is -0.334 e. The molecule has 0 spiro atoms. The van der Waals surface area contributed by atoms with Gasteiger partial charge in [-0.15, -0.1) is 0 Å². The summed E-state index contributed by atoms with van der Waals surface area (Å²) < 4.78 is 0. The molecule has 0 aromatic heterocycles. The fourth-order valence-electron chi connectivity index (χ4n) is 17.5. The lowest BCUT2D eigenvalue weighted by molar-refractivity contribution is 0.195. The fraction of sp³-hybridized carbons (Fsp3) is 0.417. The van der Waals surface area contributed by atoms with Gasteiger partial charge in [0.15, 0.2) is 0 Å². The molecule has 384 valence electrons. The fourth-order valence-corrected chi connectivity index (χ4v) is 17.5. The summed E-state index contributed by atoms with van der Waals surface area (Å²) >= 11 is 0. The normalized spacial score (nSPS) is 24.9. The Morgan fingerprint density at radius 2 is 1.09 bits per heavy atom. The lowest BCUT2D eigenvalue weighted by Crippen LogP contribution is -2.62. The number of aryl methyl sites for hydroxylation is 2. The number of rotatable bonds is 1. The zero-order chi connectivity index (χ0) is 52.8. The van der Waals surface area contributed by atoms with Crippen molar-refractivity contribution in [1.82, 2.24) is 0 Å². The third-order valence-electron chi connectivity index (χ3n) is 22.3. The molecular formula is C72H78BN3. The average molecular weight is 996 g/mol. The first kappa shape index (κ1) is 47.2. The molecule has 3 nitrogen and oxygen atoms in total. The molecule has 0 N–H and O–H groups in total. The molecule has 4 heteroatoms. The molecule has 1 fully saturated rings. The van der Waals surface area contributed by atoms with E-state index in [4.69, 9.17) is 0 Å². The van der Waals surface area contributed by atoms with Gasteiger partial charge in [0.2, 0.25) is 0 Å². The SMILES string of the molecule is Cc1cc2c3c(c1)N(c1cccc4c1-c1ccccc1C4)c1cc4c(cc1B3c1ccc3cc1N2c1cc2c(cc1C)C(C)(C)CCC2(C)c1cc2c(cc1C(C)(C)C)C1(C)CCCCC1(C)N32)C(C)(C)CCC4(C)C. The van der Waals surface area contributed by atoms with Gasteiger partial charge in [-0.05, 0) is 219 Å². The molecule has 4 aliphatic heterocycles. The van der Waals surface area contributed by atoms with Crippen LogP contribution in [0.25, 0.3) is 11.1 Å². The first-order chi connectivity index (χ1) is 35.9. The Hall–Kier alpha value is -6.00. The highest BCUT2D eigenvalue weighted by Crippen LogP contribution is 2.64. The van der Waals surface area contributed by atoms with Crippen molar-refractivity contribution in [1.29, 1.82) is 0 Å². The highest BCUT2D eigenvalue weighted by molar-refractivity contribution is 7.00. The van der Waals surface area contributed by atoms with E-state index in [1.54, 1.807) is 5.56 Å². The molecule has 3 unspecified atom stereocenters. The van der Waals surface area contributed by atoms with Crippen LogP contribution in [0.4, 0.5) is 45.5 Å². The second-order valence-electron chi connectivity index (χ2n) is 29.1. The van der Waals surface area contributed by atoms with Crippen LogP contribution in [0.5, 0.6) is 0 Å². The maximum Gasteiger partial charge on any atom is 0.252 e. The number of hydrogen-bond acceptors (Lipinski definition) is 3. The summed E-state index contributed by atoms with van der Waals surface area (Å²) in [4.78, 5) is 8.44. The van der Waals surface area contributed by atoms with Crippen LogP contribution >= 0.6 is 0 Å². The van der Waals surface area contributed by atoms with Gasteiger partial charge in [0, 0.05) is 56.2 Å². The van der Waals surface area contributed by atoms with Crippen LogP contribution in [0.3, 0.4) is 0 Å². The standard InChI is InChI=1S/C72H78BN3/c1-42-32-62-65-63(33-42)75-58-40-53-49(34-43(58)2)69(10,11)30-31-70(53,12)52-41-59-54(37-48(52)66(3,4)5)71(13)26-17-18-27-72(71,14)76(59)46-24-25-55(60(75)36-46)73(65)56-38-50-51(68(8,9)29-28-67(50,6)7)39-61(56)74(62)57-23-19-21-45-35-44-20-15-16-22-47(44)64(45)57/h15-16,19-25,32-34,36-41H,17-18,26-31,35H2,1-14H3. The van der Waals surface area contributed by atoms with E-state index in [9.17, 15) is 0 Å². The summed E-state index contributed by atoms with van der Waals surface area (Å²) in [6.07, 6.45) is 10.5. The summed E-state index contributed by atoms with van der Waals surface area (Å²) in [6, 6.07) is 45.6. The van der Waals surface area contributed by atoms with Gasteiger partial charge in [-0.3, -0.25) is 0 Å². The van der Waals surface area contributed by atoms with E-state index in [-0.39, 0.29) is 44.7 Å². The lowest BCUT2D eigenvalue weighted by atomic mass is 9.33. The van der Waals surface area contributed by atoms with Crippen molar-refractivity contribution >= 4 is 68.6 Å². The van der Waals surface area contributed by atoms with Gasteiger partial charge in [-0.2, -0.15) is 0 Å². The highest BCUT2D eigenvalue weighted by Gasteiger charge is 2.59. The summed E-state index contributed by atoms with van der Waals surface area (Å²) in [5.74, 6) is 0. The Labute approximate surface area is 455 Å². The van der Waals surface area contributed by atoms with Gasteiger partial charge < -0.3 is 14.7 Å². The predicted octanol–water partition coefficient (Wildman–Crippen LogP) is 17.0. The van der Waals surface area contributed by atoms with E-state index in [1.165, 1.54) is 167 Å². The number of hydrogen-bond donors (Lipinski definition) is 0. The van der Waals surface area contributed by atoms with E-state index < -0.39 is 0 Å². The van der Waals surface area contributed by atoms with E-state index in [1.807, 2.05) is 0 Å². The molecule has 0 radical (unpaired) electrons. The van der Waals surface area contributed by atoms with E-state index in [0.29, 0.717) is 0 Å². The second-order valence-corrected chi connectivity index (χ2v) is 29.1. The van der Waals surface area contributed by atoms with Crippen molar-refractivity contribution in [2.24, 2.45) is 0 Å². The van der Waals surface area contributed by atoms with Crippen LogP contribution in [0.2, 0.25) is 0 Å². The zero-order valence-electron chi connectivity index (χ0n) is 48.2. The van der Waals surface area contributed by atoms with Crippen LogP contribution < -0.4 is 31.1 Å². The average Bonchev–Trinajstić information content (AvgIpc) is 3.45. The maximum absolute atomic E-state index is 2.90. The van der Waals surface area contributed by atoms with Crippen LogP contribution in [0, 0.1) is 13.8 Å². The molecule has 4 heterocycles. The molecule has 8 aliphatic rings. The predicted molar refractivity (Wildman–Crippen MR) is 324 cm³/mol. The Morgan fingerprint density at radius 3 is 1.83 bits per heavy atom. The second kappa shape index (κ2) is 14.8. The van der Waals surface area contributed by atoms with Crippen LogP contribution in [0.1, 0.15) is 196 Å². The molecule has 15 rings (SSSR count). The minimum atomic E-state index is -0.203. The highest BCUT2D eigenvalue weighted by atomic mass is 15.3. The smallest absolute Gasteiger partial charge is 0.252 e. The Bertz CT molecular complexity index is 3770. The summed E-state index contributed by atoms with van der Waals surface area (Å²) in [5.41, 5.74) is 33.8. The van der Waals surface area contributed by atoms with Crippen LogP contribution in [-0.2, 0) is 38.9 Å². The van der Waals surface area contributed by atoms with Gasteiger partial charge in [0.05, 0.1) is 11.2 Å². The lowest BCUT2D eigenvalue weighted by Gasteiger charge is -2.51. The molecule has 6 bridgehead atoms. The quantitative estimate of drug-likeness (QED) is 0.152. The van der Waals surface area contributed by atoms with Gasteiger partial charge in [0.1, 0.15) is 0 Å². The third-order valence-corrected chi connectivity index (χ3v) is 22.3. The van der Waals surface area contributed by atoms with E-state index >= 15 is 0 Å². The summed E-state index contributed by atoms with van der Waals surface area (Å²) in [6.45, 7) is 35.3. The molecule has 3 atom stereocenters. The van der Waals surface area contributed by atoms with Gasteiger partial charge in [-0.1, -0.05) is 150 Å². The van der Waals surface area contributed by atoms with Crippen molar-refractivity contribution in [2.45, 2.75) is 193 Å². The largest absolute Gasteiger partial charge is 0.334 e. The number of anilines is 8. The van der Waals surface area contributed by atoms with Crippen LogP contribution in [-0.4, -0.2) is 12.3 Å². The number of nitrogens with zero attached hydrogens (tertiary/aromatic N) is 3. The molecule has 7 aromatic carbocycles. The third kappa shape index (κ3) is 5.87. The van der Waals surface area contributed by atoms with Crippen LogP contribution in [0.15, 0.2) is 109 Å². The zero-order valence-corrected chi connectivity index (χ0v) is 48.2. The Kier molecular flexibility index (Phi) is 9.18. The van der Waals surface area contributed by atoms with E-state index in [0.717, 1.165) is 19.3 Å². The molecule has 4 aliphatic carbocycles. The number of benzene rings is 7. The van der Waals surface area contributed by atoms with Crippen molar-refractivity contribution in [3.8, 4) is 11.1 Å². The Balaban J connectivity index is 1.09. The molecule has 76 heavy (non-hydrogen) atoms. The van der Waals surface area contributed by atoms with Crippen molar-refractivity contribution in [2.75, 3.05) is 14.7 Å². The van der Waals surface area contributed by atoms with E-state index in [2.05, 4.69) is 221 Å². The van der Waals surface area contributed by atoms with Crippen molar-refractivity contribution < 1.29 is 0 Å². The summed E-state index contributed by atoms with van der Waals surface area (Å²) in [5, 5.41) is 0. The molecule has 1 saturated carbocycles. The molecule has 0 saturated heterocycles. The maximum atomic E-state index is 2.90. The van der Waals surface area contributed by atoms with Gasteiger partial charge in [0.25, 0.3) is 6.71 Å². The molecule has 7 aromatic rings. The molecule has 0 amide bonds.